The van der Waals surface area contributed by atoms with E-state index in [4.69, 9.17) is 11.5 Å². The summed E-state index contributed by atoms with van der Waals surface area (Å²) < 4.78 is 3.94. The highest BCUT2D eigenvalue weighted by Gasteiger charge is 2.19. The van der Waals surface area contributed by atoms with Gasteiger partial charge in [0.05, 0.1) is 0 Å². The van der Waals surface area contributed by atoms with Crippen LogP contribution in [0.15, 0.2) is 0 Å². The largest absolute Gasteiger partial charge is 0.382 e. The summed E-state index contributed by atoms with van der Waals surface area (Å²) in [4.78, 5) is 11.2. The van der Waals surface area contributed by atoms with E-state index in [2.05, 4.69) is 9.69 Å². The van der Waals surface area contributed by atoms with Crippen molar-refractivity contribution in [2.45, 2.75) is 25.7 Å². The number of carbonyl (C=O) groups excluding carboxylic acids is 1. The number of nitrogens with zero attached hydrogens (tertiary/aromatic N) is 1. The van der Waals surface area contributed by atoms with Gasteiger partial charge in [-0.15, -0.1) is 0 Å². The summed E-state index contributed by atoms with van der Waals surface area (Å²) in [5, 5.41) is 3.94. The van der Waals surface area contributed by atoms with Gasteiger partial charge in [-0.05, 0) is 30.3 Å². The van der Waals surface area contributed by atoms with E-state index in [9.17, 15) is 4.79 Å². The second kappa shape index (κ2) is 4.69. The molecule has 1 fully saturated rings. The Hall–Kier alpha value is -1.30. The number of nitrogens with two attached hydrogens (primary N) is 2. The van der Waals surface area contributed by atoms with Gasteiger partial charge in [-0.1, -0.05) is 12.8 Å². The topological polar surface area (TPSA) is 94.0 Å². The van der Waals surface area contributed by atoms with Crippen LogP contribution in [0.3, 0.4) is 0 Å². The van der Waals surface area contributed by atoms with Crippen molar-refractivity contribution in [2.24, 2.45) is 11.7 Å². The first kappa shape index (κ1) is 11.2. The Morgan fingerprint density at radius 3 is 2.81 bits per heavy atom. The molecular formula is C10H16N4OS. The quantitative estimate of drug-likeness (QED) is 0.742. The number of hydrogen-bond donors (Lipinski definition) is 3. The zero-order chi connectivity index (χ0) is 11.5. The number of carbonyl (C=O) groups is 1. The summed E-state index contributed by atoms with van der Waals surface area (Å²) in [6, 6.07) is 0. The minimum atomic E-state index is -0.514. The van der Waals surface area contributed by atoms with Crippen LogP contribution in [0.2, 0.25) is 0 Å². The molecule has 1 saturated carbocycles. The summed E-state index contributed by atoms with van der Waals surface area (Å²) in [5.41, 5.74) is 11.2. The molecule has 5 nitrogen and oxygen atoms in total. The van der Waals surface area contributed by atoms with Crippen LogP contribution in [-0.2, 0) is 0 Å². The van der Waals surface area contributed by atoms with Gasteiger partial charge in [0.2, 0.25) is 0 Å². The van der Waals surface area contributed by atoms with Gasteiger partial charge < -0.3 is 16.8 Å². The van der Waals surface area contributed by atoms with Crippen LogP contribution in [-0.4, -0.2) is 16.8 Å². The van der Waals surface area contributed by atoms with Crippen molar-refractivity contribution in [2.75, 3.05) is 17.6 Å². The highest BCUT2D eigenvalue weighted by Crippen LogP contribution is 2.29. The van der Waals surface area contributed by atoms with Crippen molar-refractivity contribution in [1.29, 1.82) is 0 Å². The van der Waals surface area contributed by atoms with Gasteiger partial charge >= 0.3 is 0 Å². The lowest BCUT2D eigenvalue weighted by atomic mass is 10.1. The van der Waals surface area contributed by atoms with E-state index >= 15 is 0 Å². The molecule has 2 rings (SSSR count). The summed E-state index contributed by atoms with van der Waals surface area (Å²) >= 11 is 1.20. The van der Waals surface area contributed by atoms with Crippen LogP contribution in [0, 0.1) is 5.92 Å². The van der Waals surface area contributed by atoms with Crippen LogP contribution in [0.25, 0.3) is 0 Å². The molecule has 0 atom stereocenters. The molecule has 1 aromatic rings. The van der Waals surface area contributed by atoms with Crippen molar-refractivity contribution in [3.8, 4) is 0 Å². The SMILES string of the molecule is NC(=O)c1c(N)nsc1NCC1CCCC1. The molecule has 0 spiro atoms. The minimum absolute atomic E-state index is 0.228. The maximum absolute atomic E-state index is 11.2. The van der Waals surface area contributed by atoms with E-state index in [1.54, 1.807) is 0 Å². The van der Waals surface area contributed by atoms with Gasteiger partial charge in [0.25, 0.3) is 5.91 Å². The van der Waals surface area contributed by atoms with E-state index < -0.39 is 5.91 Å². The fourth-order valence-corrected chi connectivity index (χ4v) is 2.84. The van der Waals surface area contributed by atoms with Gasteiger partial charge in [-0.25, -0.2) is 0 Å². The third-order valence-corrected chi connectivity index (χ3v) is 3.81. The molecule has 0 saturated heterocycles. The molecule has 0 aliphatic heterocycles. The van der Waals surface area contributed by atoms with Gasteiger partial charge in [0, 0.05) is 6.54 Å². The Balaban J connectivity index is 2.00. The number of aromatic nitrogens is 1. The normalized spacial score (nSPS) is 16.5. The van der Waals surface area contributed by atoms with Crippen LogP contribution >= 0.6 is 11.5 Å². The summed E-state index contributed by atoms with van der Waals surface area (Å²) in [6.07, 6.45) is 5.13. The number of rotatable bonds is 4. The highest BCUT2D eigenvalue weighted by atomic mass is 32.1. The van der Waals surface area contributed by atoms with Crippen molar-refractivity contribution >= 4 is 28.3 Å². The highest BCUT2D eigenvalue weighted by molar-refractivity contribution is 7.11. The Bertz CT molecular complexity index is 384. The second-order valence-corrected chi connectivity index (χ2v) is 4.94. The monoisotopic (exact) mass is 240 g/mol. The lowest BCUT2D eigenvalue weighted by Gasteiger charge is -2.10. The Morgan fingerprint density at radius 1 is 1.50 bits per heavy atom. The fraction of sp³-hybridized carbons (Fsp3) is 0.600. The third-order valence-electron chi connectivity index (χ3n) is 2.99. The number of nitrogens with one attached hydrogen (secondary N) is 1. The molecule has 16 heavy (non-hydrogen) atoms. The predicted molar refractivity (Wildman–Crippen MR) is 65.5 cm³/mol. The third kappa shape index (κ3) is 2.27. The number of amides is 1. The molecule has 6 heteroatoms. The molecule has 1 aliphatic carbocycles. The molecule has 1 heterocycles. The first-order valence-electron chi connectivity index (χ1n) is 5.47. The number of hydrogen-bond acceptors (Lipinski definition) is 5. The van der Waals surface area contributed by atoms with Crippen molar-refractivity contribution < 1.29 is 4.79 Å². The van der Waals surface area contributed by atoms with Crippen molar-refractivity contribution in [3.63, 3.8) is 0 Å². The standard InChI is InChI=1S/C10H16N4OS/c11-8-7(9(12)15)10(16-14-8)13-5-6-3-1-2-4-6/h6,13H,1-5H2,(H2,11,14)(H2,12,15). The van der Waals surface area contributed by atoms with Gasteiger partial charge in [0.1, 0.15) is 10.6 Å². The summed E-state index contributed by atoms with van der Waals surface area (Å²) in [5.74, 6) is 0.413. The molecule has 1 aromatic heterocycles. The van der Waals surface area contributed by atoms with E-state index in [1.807, 2.05) is 0 Å². The zero-order valence-electron chi connectivity index (χ0n) is 9.03. The first-order valence-corrected chi connectivity index (χ1v) is 6.24. The Kier molecular flexibility index (Phi) is 3.28. The van der Waals surface area contributed by atoms with E-state index in [-0.39, 0.29) is 5.82 Å². The molecule has 1 amide bonds. The van der Waals surface area contributed by atoms with Gasteiger partial charge in [0.15, 0.2) is 5.82 Å². The molecule has 1 aliphatic rings. The van der Waals surface area contributed by atoms with Crippen molar-refractivity contribution in [3.05, 3.63) is 5.56 Å². The lowest BCUT2D eigenvalue weighted by Crippen LogP contribution is -2.17. The molecule has 0 unspecified atom stereocenters. The smallest absolute Gasteiger partial charge is 0.255 e. The molecular weight excluding hydrogens is 224 g/mol. The van der Waals surface area contributed by atoms with E-state index in [1.165, 1.54) is 37.2 Å². The van der Waals surface area contributed by atoms with Crippen molar-refractivity contribution in [1.82, 2.24) is 4.37 Å². The molecule has 0 radical (unpaired) electrons. The van der Waals surface area contributed by atoms with Crippen LogP contribution in [0.4, 0.5) is 10.8 Å². The van der Waals surface area contributed by atoms with Gasteiger partial charge in [-0.3, -0.25) is 4.79 Å². The number of primary amides is 1. The average molecular weight is 240 g/mol. The summed E-state index contributed by atoms with van der Waals surface area (Å²) in [6.45, 7) is 0.877. The molecule has 0 aromatic carbocycles. The maximum atomic E-state index is 11.2. The van der Waals surface area contributed by atoms with E-state index in [0.29, 0.717) is 16.5 Å². The van der Waals surface area contributed by atoms with Crippen LogP contribution < -0.4 is 16.8 Å². The molecule has 5 N–H and O–H groups in total. The second-order valence-electron chi connectivity index (χ2n) is 4.17. The zero-order valence-corrected chi connectivity index (χ0v) is 9.85. The maximum Gasteiger partial charge on any atom is 0.255 e. The average Bonchev–Trinajstić information content (AvgIpc) is 2.83. The fourth-order valence-electron chi connectivity index (χ4n) is 2.11. The predicted octanol–water partition coefficient (Wildman–Crippen LogP) is 1.43. The lowest BCUT2D eigenvalue weighted by molar-refractivity contribution is 0.100. The van der Waals surface area contributed by atoms with Crippen LogP contribution in [0.1, 0.15) is 36.0 Å². The van der Waals surface area contributed by atoms with Crippen LogP contribution in [0.5, 0.6) is 0 Å². The molecule has 0 bridgehead atoms. The Morgan fingerprint density at radius 2 is 2.19 bits per heavy atom. The number of nitrogen functional groups attached to an aromatic ring is 1. The minimum Gasteiger partial charge on any atom is -0.382 e. The first-order chi connectivity index (χ1) is 7.68. The van der Waals surface area contributed by atoms with E-state index in [0.717, 1.165) is 6.54 Å². The number of anilines is 2. The Labute approximate surface area is 98.4 Å². The molecule has 88 valence electrons. The van der Waals surface area contributed by atoms with Gasteiger partial charge in [-0.2, -0.15) is 4.37 Å². The summed E-state index contributed by atoms with van der Waals surface area (Å²) in [7, 11) is 0.